The zero-order valence-corrected chi connectivity index (χ0v) is 11.0. The van der Waals surface area contributed by atoms with Crippen molar-refractivity contribution in [1.82, 2.24) is 5.32 Å². The number of hydrogen-bond acceptors (Lipinski definition) is 2. The van der Waals surface area contributed by atoms with Crippen molar-refractivity contribution < 1.29 is 0 Å². The van der Waals surface area contributed by atoms with Crippen LogP contribution < -0.4 is 5.32 Å². The molecule has 1 heterocycles. The SMILES string of the molecule is C=C(C)CNCc1ccc(C(C)(C)C)s1. The summed E-state index contributed by atoms with van der Waals surface area (Å²) < 4.78 is 0. The molecule has 1 N–H and O–H groups in total. The number of thiophene rings is 1. The first kappa shape index (κ1) is 12.5. The van der Waals surface area contributed by atoms with Gasteiger partial charge in [0.2, 0.25) is 0 Å². The Balaban J connectivity index is 2.50. The van der Waals surface area contributed by atoms with E-state index in [4.69, 9.17) is 0 Å². The average molecular weight is 223 g/mol. The molecule has 0 unspecified atom stereocenters. The maximum absolute atomic E-state index is 3.87. The predicted molar refractivity (Wildman–Crippen MR) is 69.5 cm³/mol. The van der Waals surface area contributed by atoms with Gasteiger partial charge in [0.05, 0.1) is 0 Å². The van der Waals surface area contributed by atoms with Crippen LogP contribution in [0.3, 0.4) is 0 Å². The van der Waals surface area contributed by atoms with Gasteiger partial charge in [0.25, 0.3) is 0 Å². The first-order valence-electron chi connectivity index (χ1n) is 5.34. The number of hydrogen-bond donors (Lipinski definition) is 1. The minimum atomic E-state index is 0.275. The maximum atomic E-state index is 3.87. The fourth-order valence-corrected chi connectivity index (χ4v) is 2.31. The van der Waals surface area contributed by atoms with Crippen LogP contribution in [0, 0.1) is 0 Å². The van der Waals surface area contributed by atoms with E-state index in [1.807, 2.05) is 18.3 Å². The lowest BCUT2D eigenvalue weighted by atomic mass is 9.95. The van der Waals surface area contributed by atoms with E-state index < -0.39 is 0 Å². The van der Waals surface area contributed by atoms with Crippen molar-refractivity contribution in [2.75, 3.05) is 6.54 Å². The van der Waals surface area contributed by atoms with Crippen molar-refractivity contribution >= 4 is 11.3 Å². The Morgan fingerprint density at radius 1 is 1.40 bits per heavy atom. The van der Waals surface area contributed by atoms with Crippen LogP contribution >= 0.6 is 11.3 Å². The Labute approximate surface area is 97.2 Å². The molecule has 1 aromatic heterocycles. The van der Waals surface area contributed by atoms with Crippen LogP contribution in [-0.2, 0) is 12.0 Å². The summed E-state index contributed by atoms with van der Waals surface area (Å²) in [5, 5.41) is 3.38. The van der Waals surface area contributed by atoms with E-state index in [0.717, 1.165) is 13.1 Å². The van der Waals surface area contributed by atoms with E-state index in [1.54, 1.807) is 0 Å². The molecule has 0 amide bonds. The standard InChI is InChI=1S/C13H21NS/c1-10(2)8-14-9-11-6-7-12(15-11)13(3,4)5/h6-7,14H,1,8-9H2,2-5H3. The Morgan fingerprint density at radius 3 is 2.53 bits per heavy atom. The van der Waals surface area contributed by atoms with E-state index in [1.165, 1.54) is 15.3 Å². The van der Waals surface area contributed by atoms with E-state index in [0.29, 0.717) is 0 Å². The average Bonchev–Trinajstić information content (AvgIpc) is 2.51. The highest BCUT2D eigenvalue weighted by Gasteiger charge is 2.15. The summed E-state index contributed by atoms with van der Waals surface area (Å²) in [7, 11) is 0. The first-order chi connectivity index (χ1) is 6.89. The molecule has 1 nitrogen and oxygen atoms in total. The second kappa shape index (κ2) is 4.95. The molecule has 1 aromatic rings. The predicted octanol–water partition coefficient (Wildman–Crippen LogP) is 3.71. The molecule has 84 valence electrons. The van der Waals surface area contributed by atoms with Crippen molar-refractivity contribution in [2.24, 2.45) is 0 Å². The fourth-order valence-electron chi connectivity index (χ4n) is 1.28. The van der Waals surface area contributed by atoms with Crippen LogP contribution in [0.4, 0.5) is 0 Å². The van der Waals surface area contributed by atoms with Gasteiger partial charge in [-0.05, 0) is 24.5 Å². The molecule has 0 aliphatic rings. The van der Waals surface area contributed by atoms with Gasteiger partial charge in [-0.2, -0.15) is 0 Å². The molecule has 0 bridgehead atoms. The largest absolute Gasteiger partial charge is 0.308 e. The highest BCUT2D eigenvalue weighted by Crippen LogP contribution is 2.29. The molecule has 0 spiro atoms. The van der Waals surface area contributed by atoms with Crippen LogP contribution in [0.25, 0.3) is 0 Å². The van der Waals surface area contributed by atoms with Gasteiger partial charge in [-0.1, -0.05) is 32.9 Å². The van der Waals surface area contributed by atoms with Crippen LogP contribution in [0.5, 0.6) is 0 Å². The summed E-state index contributed by atoms with van der Waals surface area (Å²) >= 11 is 1.90. The topological polar surface area (TPSA) is 12.0 Å². The van der Waals surface area contributed by atoms with E-state index in [2.05, 4.69) is 44.8 Å². The van der Waals surface area contributed by atoms with Gasteiger partial charge in [0, 0.05) is 22.8 Å². The zero-order valence-electron chi connectivity index (χ0n) is 10.2. The second-order valence-electron chi connectivity index (χ2n) is 5.08. The first-order valence-corrected chi connectivity index (χ1v) is 6.15. The van der Waals surface area contributed by atoms with Crippen molar-refractivity contribution in [3.8, 4) is 0 Å². The lowest BCUT2D eigenvalue weighted by Gasteiger charge is -2.15. The summed E-state index contributed by atoms with van der Waals surface area (Å²) in [5.74, 6) is 0. The zero-order chi connectivity index (χ0) is 11.5. The highest BCUT2D eigenvalue weighted by atomic mass is 32.1. The van der Waals surface area contributed by atoms with Crippen LogP contribution in [0.15, 0.2) is 24.3 Å². The third-order valence-corrected chi connectivity index (χ3v) is 3.64. The lowest BCUT2D eigenvalue weighted by Crippen LogP contribution is -2.14. The van der Waals surface area contributed by atoms with Crippen LogP contribution in [0.1, 0.15) is 37.4 Å². The maximum Gasteiger partial charge on any atom is 0.0302 e. The third kappa shape index (κ3) is 4.18. The quantitative estimate of drug-likeness (QED) is 0.767. The van der Waals surface area contributed by atoms with Gasteiger partial charge >= 0.3 is 0 Å². The number of nitrogens with one attached hydrogen (secondary N) is 1. The highest BCUT2D eigenvalue weighted by molar-refractivity contribution is 7.12. The van der Waals surface area contributed by atoms with Gasteiger partial charge in [0.1, 0.15) is 0 Å². The van der Waals surface area contributed by atoms with Gasteiger partial charge in [-0.25, -0.2) is 0 Å². The Bertz CT molecular complexity index is 331. The Kier molecular flexibility index (Phi) is 4.12. The fraction of sp³-hybridized carbons (Fsp3) is 0.538. The van der Waals surface area contributed by atoms with E-state index in [-0.39, 0.29) is 5.41 Å². The number of rotatable bonds is 4. The van der Waals surface area contributed by atoms with Crippen molar-refractivity contribution in [3.63, 3.8) is 0 Å². The smallest absolute Gasteiger partial charge is 0.0302 e. The van der Waals surface area contributed by atoms with Gasteiger partial charge in [0.15, 0.2) is 0 Å². The van der Waals surface area contributed by atoms with Crippen molar-refractivity contribution in [3.05, 3.63) is 34.0 Å². The molecular formula is C13H21NS. The molecule has 0 fully saturated rings. The van der Waals surface area contributed by atoms with E-state index >= 15 is 0 Å². The van der Waals surface area contributed by atoms with E-state index in [9.17, 15) is 0 Å². The van der Waals surface area contributed by atoms with Crippen LogP contribution in [0.2, 0.25) is 0 Å². The normalized spacial score (nSPS) is 11.7. The minimum absolute atomic E-state index is 0.275. The summed E-state index contributed by atoms with van der Waals surface area (Å²) in [5.41, 5.74) is 1.46. The molecule has 15 heavy (non-hydrogen) atoms. The summed E-state index contributed by atoms with van der Waals surface area (Å²) in [6, 6.07) is 4.46. The Hall–Kier alpha value is -0.600. The van der Waals surface area contributed by atoms with Crippen LogP contribution in [-0.4, -0.2) is 6.54 Å². The molecule has 0 aliphatic carbocycles. The summed E-state index contributed by atoms with van der Waals surface area (Å²) in [6.07, 6.45) is 0. The lowest BCUT2D eigenvalue weighted by molar-refractivity contribution is 0.604. The molecule has 1 rings (SSSR count). The third-order valence-electron chi connectivity index (χ3n) is 2.13. The molecule has 0 radical (unpaired) electrons. The molecule has 0 saturated heterocycles. The minimum Gasteiger partial charge on any atom is -0.308 e. The molecule has 0 aliphatic heterocycles. The molecular weight excluding hydrogens is 202 g/mol. The second-order valence-corrected chi connectivity index (χ2v) is 6.24. The monoisotopic (exact) mass is 223 g/mol. The summed E-state index contributed by atoms with van der Waals surface area (Å²) in [6.45, 7) is 14.5. The van der Waals surface area contributed by atoms with Gasteiger partial charge in [-0.15, -0.1) is 11.3 Å². The van der Waals surface area contributed by atoms with Crippen molar-refractivity contribution in [1.29, 1.82) is 0 Å². The molecule has 2 heteroatoms. The Morgan fingerprint density at radius 2 is 2.07 bits per heavy atom. The molecule has 0 atom stereocenters. The van der Waals surface area contributed by atoms with Gasteiger partial charge < -0.3 is 5.32 Å². The molecule has 0 aromatic carbocycles. The van der Waals surface area contributed by atoms with Crippen molar-refractivity contribution in [2.45, 2.75) is 39.7 Å². The molecule has 0 saturated carbocycles. The van der Waals surface area contributed by atoms with Gasteiger partial charge in [-0.3, -0.25) is 0 Å². The summed E-state index contributed by atoms with van der Waals surface area (Å²) in [4.78, 5) is 2.86.